The maximum atomic E-state index is 12.6. The van der Waals surface area contributed by atoms with Crippen LogP contribution < -0.4 is 10.1 Å². The molecular weight excluding hydrogens is 362 g/mol. The van der Waals surface area contributed by atoms with Crippen LogP contribution >= 0.6 is 11.3 Å². The molecule has 146 valence electrons. The highest BCUT2D eigenvalue weighted by Crippen LogP contribution is 2.27. The van der Waals surface area contributed by atoms with Crippen LogP contribution in [0.15, 0.2) is 29.6 Å². The number of anilines is 1. The summed E-state index contributed by atoms with van der Waals surface area (Å²) in [5.41, 5.74) is 1.81. The lowest BCUT2D eigenvalue weighted by molar-refractivity contribution is -0.121. The van der Waals surface area contributed by atoms with Gasteiger partial charge < -0.3 is 14.8 Å². The molecule has 0 radical (unpaired) electrons. The summed E-state index contributed by atoms with van der Waals surface area (Å²) in [6, 6.07) is 7.51. The highest BCUT2D eigenvalue weighted by molar-refractivity contribution is 7.09. The van der Waals surface area contributed by atoms with Gasteiger partial charge in [-0.2, -0.15) is 0 Å². The molecule has 1 fully saturated rings. The first kappa shape index (κ1) is 19.8. The van der Waals surface area contributed by atoms with Gasteiger partial charge in [0.15, 0.2) is 0 Å². The molecule has 2 aromatic rings. The van der Waals surface area contributed by atoms with E-state index >= 15 is 0 Å². The van der Waals surface area contributed by atoms with Crippen molar-refractivity contribution < 1.29 is 14.3 Å². The second-order valence-corrected chi connectivity index (χ2v) is 7.68. The zero-order valence-corrected chi connectivity index (χ0v) is 16.9. The second kappa shape index (κ2) is 9.30. The van der Waals surface area contributed by atoms with Crippen LogP contribution in [0.3, 0.4) is 0 Å². The van der Waals surface area contributed by atoms with Gasteiger partial charge in [0.25, 0.3) is 0 Å². The van der Waals surface area contributed by atoms with Crippen molar-refractivity contribution in [2.75, 3.05) is 32.6 Å². The fourth-order valence-electron chi connectivity index (χ4n) is 3.25. The minimum atomic E-state index is 0.0330. The Morgan fingerprint density at radius 1 is 1.33 bits per heavy atom. The topological polar surface area (TPSA) is 63.7 Å². The molecule has 27 heavy (non-hydrogen) atoms. The molecule has 6 nitrogen and oxygen atoms in total. The smallest absolute Gasteiger partial charge is 0.227 e. The first-order chi connectivity index (χ1) is 13.1. The number of thiazole rings is 1. The van der Waals surface area contributed by atoms with E-state index in [1.807, 2.05) is 31.2 Å². The summed E-state index contributed by atoms with van der Waals surface area (Å²) in [5.74, 6) is 0.794. The second-order valence-electron chi connectivity index (χ2n) is 6.79. The summed E-state index contributed by atoms with van der Waals surface area (Å²) in [7, 11) is 3.31. The van der Waals surface area contributed by atoms with E-state index in [2.05, 4.69) is 20.6 Å². The number of nitrogens with one attached hydrogen (secondary N) is 1. The van der Waals surface area contributed by atoms with E-state index in [0.717, 1.165) is 48.9 Å². The highest BCUT2D eigenvalue weighted by Gasteiger charge is 2.26. The van der Waals surface area contributed by atoms with Crippen molar-refractivity contribution in [2.24, 2.45) is 5.92 Å². The van der Waals surface area contributed by atoms with Crippen molar-refractivity contribution in [2.45, 2.75) is 32.4 Å². The minimum absolute atomic E-state index is 0.0330. The van der Waals surface area contributed by atoms with Crippen LogP contribution in [0.25, 0.3) is 0 Å². The number of amides is 1. The zero-order chi connectivity index (χ0) is 19.2. The molecule has 1 amide bonds. The Morgan fingerprint density at radius 2 is 2.07 bits per heavy atom. The number of methoxy groups -OCH3 is 2. The van der Waals surface area contributed by atoms with Gasteiger partial charge >= 0.3 is 0 Å². The van der Waals surface area contributed by atoms with Crippen LogP contribution in [-0.4, -0.2) is 43.1 Å². The van der Waals surface area contributed by atoms with Gasteiger partial charge in [-0.05, 0) is 45.0 Å². The molecular formula is C20H27N3O3S. The summed E-state index contributed by atoms with van der Waals surface area (Å²) in [5, 5.41) is 6.13. The minimum Gasteiger partial charge on any atom is -0.495 e. The number of carbonyl (C=O) groups is 1. The van der Waals surface area contributed by atoms with E-state index in [0.29, 0.717) is 5.75 Å². The van der Waals surface area contributed by atoms with Gasteiger partial charge in [-0.3, -0.25) is 9.69 Å². The lowest BCUT2D eigenvalue weighted by Gasteiger charge is -2.30. The summed E-state index contributed by atoms with van der Waals surface area (Å²) < 4.78 is 10.6. The molecule has 3 rings (SSSR count). The van der Waals surface area contributed by atoms with Gasteiger partial charge in [0.2, 0.25) is 5.91 Å². The molecule has 0 bridgehead atoms. The van der Waals surface area contributed by atoms with Crippen molar-refractivity contribution in [3.05, 3.63) is 40.3 Å². The number of hydrogen-bond donors (Lipinski definition) is 1. The number of nitrogens with zero attached hydrogens (tertiary/aromatic N) is 2. The normalized spacial score (nSPS) is 16.9. The highest BCUT2D eigenvalue weighted by atomic mass is 32.1. The summed E-state index contributed by atoms with van der Waals surface area (Å²) in [4.78, 5) is 19.6. The quantitative estimate of drug-likeness (QED) is 0.782. The van der Waals surface area contributed by atoms with Gasteiger partial charge in [-0.25, -0.2) is 4.98 Å². The van der Waals surface area contributed by atoms with Crippen molar-refractivity contribution in [1.82, 2.24) is 9.88 Å². The number of likely N-dealkylation sites (tertiary alicyclic amines) is 1. The van der Waals surface area contributed by atoms with Gasteiger partial charge in [-0.1, -0.05) is 12.1 Å². The standard InChI is InChI=1S/C20H27N3O3S/c1-14(25-2)20-21-16(13-27-20)12-23-10-8-15(9-11-23)19(24)22-17-6-4-5-7-18(17)26-3/h4-7,13-15H,8-12H2,1-3H3,(H,22,24). The molecule has 1 aliphatic heterocycles. The van der Waals surface area contributed by atoms with E-state index in [-0.39, 0.29) is 17.9 Å². The monoisotopic (exact) mass is 389 g/mol. The first-order valence-corrected chi connectivity index (χ1v) is 10.1. The van der Waals surface area contributed by atoms with Gasteiger partial charge in [0.05, 0.1) is 18.5 Å². The fourth-order valence-corrected chi connectivity index (χ4v) is 4.09. The zero-order valence-electron chi connectivity index (χ0n) is 16.1. The number of para-hydroxylation sites is 2. The van der Waals surface area contributed by atoms with E-state index in [4.69, 9.17) is 9.47 Å². The van der Waals surface area contributed by atoms with Crippen molar-refractivity contribution >= 4 is 22.9 Å². The maximum Gasteiger partial charge on any atom is 0.227 e. The molecule has 1 unspecified atom stereocenters. The van der Waals surface area contributed by atoms with E-state index in [9.17, 15) is 4.79 Å². The third kappa shape index (κ3) is 5.06. The van der Waals surface area contributed by atoms with Crippen molar-refractivity contribution in [3.8, 4) is 5.75 Å². The Bertz CT molecular complexity index is 756. The predicted octanol–water partition coefficient (Wildman–Crippen LogP) is 3.71. The number of rotatable bonds is 7. The molecule has 1 N–H and O–H groups in total. The molecule has 1 aromatic carbocycles. The fraction of sp³-hybridized carbons (Fsp3) is 0.500. The molecule has 2 heterocycles. The van der Waals surface area contributed by atoms with Crippen LogP contribution in [0.1, 0.15) is 36.6 Å². The summed E-state index contributed by atoms with van der Waals surface area (Å²) in [6.07, 6.45) is 1.74. The molecule has 0 saturated carbocycles. The lowest BCUT2D eigenvalue weighted by atomic mass is 9.95. The SMILES string of the molecule is COc1ccccc1NC(=O)C1CCN(Cc2csc(C(C)OC)n2)CC1. The molecule has 0 aliphatic carbocycles. The third-order valence-electron chi connectivity index (χ3n) is 4.98. The molecule has 0 spiro atoms. The number of piperidine rings is 1. The molecule has 1 aromatic heterocycles. The Kier molecular flexibility index (Phi) is 6.82. The van der Waals surface area contributed by atoms with E-state index in [1.165, 1.54) is 0 Å². The molecule has 1 atom stereocenters. The Hall–Kier alpha value is -1.96. The predicted molar refractivity (Wildman–Crippen MR) is 107 cm³/mol. The Morgan fingerprint density at radius 3 is 2.78 bits per heavy atom. The summed E-state index contributed by atoms with van der Waals surface area (Å²) in [6.45, 7) is 4.63. The molecule has 7 heteroatoms. The maximum absolute atomic E-state index is 12.6. The average molecular weight is 390 g/mol. The number of ether oxygens (including phenoxy) is 2. The van der Waals surface area contributed by atoms with Crippen LogP contribution in [0.4, 0.5) is 5.69 Å². The Balaban J connectivity index is 1.49. The van der Waals surface area contributed by atoms with Crippen LogP contribution in [0, 0.1) is 5.92 Å². The third-order valence-corrected chi connectivity index (χ3v) is 6.03. The molecule has 1 aliphatic rings. The lowest BCUT2D eigenvalue weighted by Crippen LogP contribution is -2.37. The van der Waals surface area contributed by atoms with E-state index < -0.39 is 0 Å². The number of hydrogen-bond acceptors (Lipinski definition) is 6. The number of benzene rings is 1. The van der Waals surface area contributed by atoms with Crippen LogP contribution in [0.2, 0.25) is 0 Å². The molecule has 1 saturated heterocycles. The average Bonchev–Trinajstić information content (AvgIpc) is 3.16. The van der Waals surface area contributed by atoms with Crippen LogP contribution in [-0.2, 0) is 16.1 Å². The largest absolute Gasteiger partial charge is 0.495 e. The van der Waals surface area contributed by atoms with Gasteiger partial charge in [-0.15, -0.1) is 11.3 Å². The van der Waals surface area contributed by atoms with Crippen LogP contribution in [0.5, 0.6) is 5.75 Å². The Labute approximate surface area is 164 Å². The number of aromatic nitrogens is 1. The van der Waals surface area contributed by atoms with Gasteiger partial charge in [0, 0.05) is 25.0 Å². The van der Waals surface area contributed by atoms with Gasteiger partial charge in [0.1, 0.15) is 16.9 Å². The van der Waals surface area contributed by atoms with E-state index in [1.54, 1.807) is 25.6 Å². The van der Waals surface area contributed by atoms with Crippen molar-refractivity contribution in [1.29, 1.82) is 0 Å². The summed E-state index contributed by atoms with van der Waals surface area (Å²) >= 11 is 1.64. The first-order valence-electron chi connectivity index (χ1n) is 9.24. The van der Waals surface area contributed by atoms with Crippen molar-refractivity contribution in [3.63, 3.8) is 0 Å². The number of carbonyl (C=O) groups excluding carboxylic acids is 1.